The van der Waals surface area contributed by atoms with Crippen molar-refractivity contribution in [3.05, 3.63) is 23.8 Å². The van der Waals surface area contributed by atoms with Gasteiger partial charge < -0.3 is 9.64 Å². The summed E-state index contributed by atoms with van der Waals surface area (Å²) in [6.07, 6.45) is 8.23. The van der Waals surface area contributed by atoms with Crippen molar-refractivity contribution in [3.63, 3.8) is 0 Å². The van der Waals surface area contributed by atoms with Crippen molar-refractivity contribution in [2.45, 2.75) is 57.5 Å². The number of sulfonamides is 1. The zero-order chi connectivity index (χ0) is 19.5. The molecule has 6 nitrogen and oxygen atoms in total. The molecule has 7 heteroatoms. The predicted octanol–water partition coefficient (Wildman–Crippen LogP) is 3.44. The number of fused-ring (bicyclic) bond motifs is 1. The Morgan fingerprint density at radius 2 is 1.93 bits per heavy atom. The number of nitrogens with zero attached hydrogens (tertiary/aromatic N) is 1. The molecule has 1 spiro atoms. The third-order valence-corrected chi connectivity index (χ3v) is 6.09. The van der Waals surface area contributed by atoms with Crippen LogP contribution >= 0.6 is 0 Å². The fourth-order valence-corrected chi connectivity index (χ4v) is 4.55. The molecule has 1 N–H and O–H groups in total. The monoisotopic (exact) mass is 394 g/mol. The Kier molecular flexibility index (Phi) is 6.11. The summed E-state index contributed by atoms with van der Waals surface area (Å²) in [6, 6.07) is 4.93. The first-order chi connectivity index (χ1) is 12.8. The van der Waals surface area contributed by atoms with E-state index in [2.05, 4.69) is 16.5 Å². The molecule has 0 bridgehead atoms. The minimum Gasteiger partial charge on any atom is -0.486 e. The molecule has 0 amide bonds. The first-order valence-electron chi connectivity index (χ1n) is 9.87. The molecule has 2 aliphatic heterocycles. The lowest BCUT2D eigenvalue weighted by molar-refractivity contribution is -0.00918. The van der Waals surface area contributed by atoms with Crippen LogP contribution in [0.5, 0.6) is 5.75 Å². The zero-order valence-electron chi connectivity index (χ0n) is 16.3. The second kappa shape index (κ2) is 8.19. The number of anilines is 1. The maximum atomic E-state index is 12.7. The van der Waals surface area contributed by atoms with Crippen molar-refractivity contribution in [2.75, 3.05) is 30.6 Å². The highest BCUT2D eigenvalue weighted by molar-refractivity contribution is 7.92. The smallest absolute Gasteiger partial charge is 0.229 e. The van der Waals surface area contributed by atoms with E-state index in [1.54, 1.807) is 18.2 Å². The predicted molar refractivity (Wildman–Crippen MR) is 107 cm³/mol. The van der Waals surface area contributed by atoms with E-state index in [0.29, 0.717) is 23.4 Å². The van der Waals surface area contributed by atoms with Gasteiger partial charge in [-0.3, -0.25) is 9.52 Å². The Morgan fingerprint density at radius 1 is 1.19 bits per heavy atom. The van der Waals surface area contributed by atoms with E-state index in [9.17, 15) is 13.2 Å². The lowest BCUT2D eigenvalue weighted by atomic mass is 9.82. The second-order valence-corrected chi connectivity index (χ2v) is 9.62. The quantitative estimate of drug-likeness (QED) is 0.717. The Balaban J connectivity index is 1.63. The highest BCUT2D eigenvalue weighted by atomic mass is 32.2. The highest BCUT2D eigenvalue weighted by Gasteiger charge is 2.42. The van der Waals surface area contributed by atoms with Gasteiger partial charge in [0, 0.05) is 31.6 Å². The molecule has 0 aromatic heterocycles. The van der Waals surface area contributed by atoms with E-state index in [4.69, 9.17) is 4.74 Å². The molecule has 1 saturated heterocycles. The van der Waals surface area contributed by atoms with Crippen LogP contribution in [0.4, 0.5) is 5.69 Å². The molecule has 0 atom stereocenters. The molecule has 2 aliphatic rings. The molecule has 1 aromatic rings. The van der Waals surface area contributed by atoms with Gasteiger partial charge in [0.1, 0.15) is 11.4 Å². The van der Waals surface area contributed by atoms with Crippen LogP contribution in [0.15, 0.2) is 18.2 Å². The summed E-state index contributed by atoms with van der Waals surface area (Å²) in [5.41, 5.74) is 0.456. The van der Waals surface area contributed by atoms with Crippen molar-refractivity contribution in [1.82, 2.24) is 4.90 Å². The average Bonchev–Trinajstić information content (AvgIpc) is 2.60. The van der Waals surface area contributed by atoms with Gasteiger partial charge in [-0.1, -0.05) is 26.2 Å². The molecule has 2 heterocycles. The van der Waals surface area contributed by atoms with Gasteiger partial charge in [-0.25, -0.2) is 8.42 Å². The Bertz CT molecular complexity index is 783. The fraction of sp³-hybridized carbons (Fsp3) is 0.650. The Hall–Kier alpha value is -1.60. The number of likely N-dealkylation sites (tertiary alicyclic amines) is 1. The SMILES string of the molecule is CCCCCCN1CCC2(CC1)CC(=O)c1cc(NS(C)(=O)=O)ccc1O2. The van der Waals surface area contributed by atoms with Crippen LogP contribution in [0.25, 0.3) is 0 Å². The van der Waals surface area contributed by atoms with Gasteiger partial charge in [-0.2, -0.15) is 0 Å². The zero-order valence-corrected chi connectivity index (χ0v) is 17.1. The number of ketones is 1. The number of piperidine rings is 1. The summed E-state index contributed by atoms with van der Waals surface area (Å²) >= 11 is 0. The van der Waals surface area contributed by atoms with E-state index >= 15 is 0 Å². The maximum absolute atomic E-state index is 12.7. The van der Waals surface area contributed by atoms with Crippen molar-refractivity contribution in [2.24, 2.45) is 0 Å². The van der Waals surface area contributed by atoms with E-state index in [0.717, 1.165) is 38.7 Å². The third kappa shape index (κ3) is 5.23. The molecule has 1 fully saturated rings. The summed E-state index contributed by atoms with van der Waals surface area (Å²) in [5.74, 6) is 0.603. The summed E-state index contributed by atoms with van der Waals surface area (Å²) < 4.78 is 31.5. The van der Waals surface area contributed by atoms with Crippen LogP contribution in [0.3, 0.4) is 0 Å². The van der Waals surface area contributed by atoms with E-state index < -0.39 is 15.6 Å². The van der Waals surface area contributed by atoms with Crippen molar-refractivity contribution in [3.8, 4) is 5.75 Å². The number of hydrogen-bond donors (Lipinski definition) is 1. The van der Waals surface area contributed by atoms with Gasteiger partial charge in [0.05, 0.1) is 18.2 Å². The molecule has 1 aromatic carbocycles. The number of hydrogen-bond acceptors (Lipinski definition) is 5. The highest BCUT2D eigenvalue weighted by Crippen LogP contribution is 2.40. The van der Waals surface area contributed by atoms with Crippen molar-refractivity contribution >= 4 is 21.5 Å². The van der Waals surface area contributed by atoms with Crippen LogP contribution in [0, 0.1) is 0 Å². The molecule has 0 saturated carbocycles. The van der Waals surface area contributed by atoms with Gasteiger partial charge >= 0.3 is 0 Å². The number of carbonyl (C=O) groups is 1. The van der Waals surface area contributed by atoms with Crippen LogP contribution in [-0.2, 0) is 10.0 Å². The largest absolute Gasteiger partial charge is 0.486 e. The molecule has 0 unspecified atom stereocenters. The van der Waals surface area contributed by atoms with Gasteiger partial charge in [-0.05, 0) is 31.2 Å². The first-order valence-corrected chi connectivity index (χ1v) is 11.8. The van der Waals surface area contributed by atoms with Gasteiger partial charge in [0.2, 0.25) is 10.0 Å². The summed E-state index contributed by atoms with van der Waals surface area (Å²) in [6.45, 7) is 5.27. The van der Waals surface area contributed by atoms with Crippen molar-refractivity contribution in [1.29, 1.82) is 0 Å². The standard InChI is InChI=1S/C20H30N2O4S/c1-3-4-5-6-11-22-12-9-20(10-13-22)15-18(23)17-14-16(21-27(2,24)25)7-8-19(17)26-20/h7-8,14,21H,3-6,9-13,15H2,1-2H3. The van der Waals surface area contributed by atoms with Crippen LogP contribution in [0.2, 0.25) is 0 Å². The summed E-state index contributed by atoms with van der Waals surface area (Å²) in [7, 11) is -3.37. The summed E-state index contributed by atoms with van der Waals surface area (Å²) in [4.78, 5) is 15.2. The van der Waals surface area contributed by atoms with Crippen LogP contribution < -0.4 is 9.46 Å². The summed E-state index contributed by atoms with van der Waals surface area (Å²) in [5, 5.41) is 0. The normalized spacial score (nSPS) is 19.6. The van der Waals surface area contributed by atoms with Crippen LogP contribution in [-0.4, -0.2) is 50.6 Å². The fourth-order valence-electron chi connectivity index (χ4n) is 4.00. The second-order valence-electron chi connectivity index (χ2n) is 7.87. The number of Topliss-reactive ketones (excluding diaryl/α,β-unsaturated/α-hetero) is 1. The number of benzene rings is 1. The molecule has 3 rings (SSSR count). The van der Waals surface area contributed by atoms with Gasteiger partial charge in [0.25, 0.3) is 0 Å². The first kappa shape index (κ1) is 20.1. The minimum atomic E-state index is -3.37. The maximum Gasteiger partial charge on any atom is 0.229 e. The number of unbranched alkanes of at least 4 members (excludes halogenated alkanes) is 3. The Morgan fingerprint density at radius 3 is 2.59 bits per heavy atom. The molecular weight excluding hydrogens is 364 g/mol. The average molecular weight is 395 g/mol. The number of rotatable bonds is 7. The molecule has 0 radical (unpaired) electrons. The number of carbonyl (C=O) groups excluding carboxylic acids is 1. The van der Waals surface area contributed by atoms with E-state index in [1.807, 2.05) is 0 Å². The Labute approximate surface area is 162 Å². The molecule has 150 valence electrons. The van der Waals surface area contributed by atoms with Gasteiger partial charge in [-0.15, -0.1) is 0 Å². The number of nitrogens with one attached hydrogen (secondary N) is 1. The lowest BCUT2D eigenvalue weighted by Crippen LogP contribution is -2.51. The van der Waals surface area contributed by atoms with E-state index in [1.165, 1.54) is 25.7 Å². The van der Waals surface area contributed by atoms with Crippen LogP contribution in [0.1, 0.15) is 62.2 Å². The molecule has 27 heavy (non-hydrogen) atoms. The minimum absolute atomic E-state index is 0.0322. The third-order valence-electron chi connectivity index (χ3n) is 5.49. The van der Waals surface area contributed by atoms with Crippen molar-refractivity contribution < 1.29 is 17.9 Å². The topological polar surface area (TPSA) is 75.7 Å². The molecule has 0 aliphatic carbocycles. The molecular formula is C20H30N2O4S. The van der Waals surface area contributed by atoms with E-state index in [-0.39, 0.29) is 5.78 Å². The lowest BCUT2D eigenvalue weighted by Gasteiger charge is -2.44. The van der Waals surface area contributed by atoms with Gasteiger partial charge in [0.15, 0.2) is 5.78 Å². The number of ether oxygens (including phenoxy) is 1.